The zero-order valence-corrected chi connectivity index (χ0v) is 38.8. The molecular formula is C49H82O12S. The van der Waals surface area contributed by atoms with Gasteiger partial charge < -0.3 is 34.3 Å². The smallest absolute Gasteiger partial charge is 0.306 e. The van der Waals surface area contributed by atoms with Gasteiger partial charge in [0.05, 0.1) is 6.61 Å². The highest BCUT2D eigenvalue weighted by Gasteiger charge is 2.46. The lowest BCUT2D eigenvalue weighted by Crippen LogP contribution is -2.60. The molecule has 0 aromatic carbocycles. The van der Waals surface area contributed by atoms with Crippen LogP contribution in [0.2, 0.25) is 0 Å². The number of carbonyl (C=O) groups is 2. The zero-order valence-electron chi connectivity index (χ0n) is 37.9. The van der Waals surface area contributed by atoms with Crippen LogP contribution in [0.3, 0.4) is 0 Å². The first-order valence-corrected chi connectivity index (χ1v) is 25.1. The number of aliphatic hydroxyl groups excluding tert-OH is 3. The van der Waals surface area contributed by atoms with Gasteiger partial charge >= 0.3 is 11.9 Å². The van der Waals surface area contributed by atoms with E-state index in [0.717, 1.165) is 64.2 Å². The highest BCUT2D eigenvalue weighted by molar-refractivity contribution is 7.85. The lowest BCUT2D eigenvalue weighted by Gasteiger charge is -2.40. The van der Waals surface area contributed by atoms with E-state index in [1.807, 2.05) is 12.2 Å². The van der Waals surface area contributed by atoms with Crippen molar-refractivity contribution >= 4 is 22.1 Å². The number of allylic oxidation sites excluding steroid dienone is 12. The predicted octanol–water partition coefficient (Wildman–Crippen LogP) is 9.89. The van der Waals surface area contributed by atoms with Crippen molar-refractivity contribution in [2.24, 2.45) is 0 Å². The first-order valence-electron chi connectivity index (χ1n) is 23.5. The maximum Gasteiger partial charge on any atom is 0.306 e. The molecule has 0 spiro atoms. The third-order valence-corrected chi connectivity index (χ3v) is 11.0. The maximum atomic E-state index is 12.8. The van der Waals surface area contributed by atoms with Crippen LogP contribution in [0.4, 0.5) is 0 Å². The average Bonchev–Trinajstić information content (AvgIpc) is 3.24. The van der Waals surface area contributed by atoms with Crippen molar-refractivity contribution in [2.45, 2.75) is 205 Å². The summed E-state index contributed by atoms with van der Waals surface area (Å²) >= 11 is 0. The Balaban J connectivity index is 2.46. The molecule has 3 unspecified atom stereocenters. The van der Waals surface area contributed by atoms with Crippen LogP contribution in [0, 0.1) is 0 Å². The van der Waals surface area contributed by atoms with Crippen LogP contribution in [-0.4, -0.2) is 96.0 Å². The standard InChI is InChI=1S/C49H82O12S/c1-3-5-7-9-11-13-15-17-18-19-20-21-22-23-24-26-27-29-31-33-35-37-44(50)58-39-42(40-59-49-48(54)47(53)46(52)43(61-49)41-62(55,56)57)60-45(51)38-36-34-32-30-28-25-16-14-12-10-8-6-4-2/h11,13,17-18,20-21,23-25,28,32,34,42-43,46-49,52-54H,3-10,12,14-16,19,22,26-27,29-31,33,35-41H2,1-2H3,(H,55,56,57)/b13-11+,18-17+,21-20+,24-23+,28-25+,34-32+/t42?,43-,46-,47?,48?,49+/m1/s1. The Morgan fingerprint density at radius 2 is 1.00 bits per heavy atom. The summed E-state index contributed by atoms with van der Waals surface area (Å²) in [7, 11) is -4.61. The molecule has 1 fully saturated rings. The molecular weight excluding hydrogens is 813 g/mol. The van der Waals surface area contributed by atoms with E-state index in [4.69, 9.17) is 18.9 Å². The zero-order chi connectivity index (χ0) is 45.5. The van der Waals surface area contributed by atoms with Crippen molar-refractivity contribution in [2.75, 3.05) is 19.0 Å². The second-order valence-electron chi connectivity index (χ2n) is 16.1. The van der Waals surface area contributed by atoms with Gasteiger partial charge in [-0.2, -0.15) is 8.42 Å². The molecule has 0 bridgehead atoms. The molecule has 1 rings (SSSR count). The third kappa shape index (κ3) is 32.7. The van der Waals surface area contributed by atoms with Crippen LogP contribution >= 0.6 is 0 Å². The molecule has 0 aliphatic carbocycles. The fraction of sp³-hybridized carbons (Fsp3) is 0.714. The van der Waals surface area contributed by atoms with E-state index in [2.05, 4.69) is 74.6 Å². The highest BCUT2D eigenvalue weighted by Crippen LogP contribution is 2.24. The topological polar surface area (TPSA) is 186 Å². The second-order valence-corrected chi connectivity index (χ2v) is 17.6. The number of rotatable bonds is 38. The summed E-state index contributed by atoms with van der Waals surface area (Å²) < 4.78 is 54.0. The molecule has 1 aliphatic rings. The molecule has 356 valence electrons. The molecule has 0 saturated carbocycles. The monoisotopic (exact) mass is 895 g/mol. The molecule has 12 nitrogen and oxygen atoms in total. The SMILES string of the molecule is CCCCC/C=C/C/C=C/C/C=C/C/C=C/CCCCCCCC(=O)OCC(CO[C@H]1O[C@H](CS(=O)(=O)O)[C@@H](O)C(O)C1O)OC(=O)CC/C=C/C/C=C/CCCCCCCC. The number of ether oxygens (including phenoxy) is 4. The van der Waals surface area contributed by atoms with Crippen LogP contribution in [0.25, 0.3) is 0 Å². The Morgan fingerprint density at radius 1 is 0.548 bits per heavy atom. The number of unbranched alkanes of at least 4 members (excludes halogenated alkanes) is 14. The van der Waals surface area contributed by atoms with E-state index in [1.54, 1.807) is 0 Å². The van der Waals surface area contributed by atoms with Crippen LogP contribution < -0.4 is 0 Å². The van der Waals surface area contributed by atoms with Crippen LogP contribution in [0.15, 0.2) is 72.9 Å². The molecule has 0 aromatic rings. The van der Waals surface area contributed by atoms with Gasteiger partial charge in [-0.05, 0) is 77.0 Å². The van der Waals surface area contributed by atoms with Crippen molar-refractivity contribution < 1.29 is 56.8 Å². The molecule has 0 amide bonds. The minimum Gasteiger partial charge on any atom is -0.462 e. The van der Waals surface area contributed by atoms with Gasteiger partial charge in [-0.15, -0.1) is 0 Å². The minimum atomic E-state index is -4.61. The van der Waals surface area contributed by atoms with Gasteiger partial charge in [0.25, 0.3) is 10.1 Å². The van der Waals surface area contributed by atoms with E-state index >= 15 is 0 Å². The van der Waals surface area contributed by atoms with Crippen molar-refractivity contribution in [1.82, 2.24) is 0 Å². The Bertz CT molecular complexity index is 1420. The summed E-state index contributed by atoms with van der Waals surface area (Å²) in [5, 5.41) is 30.9. The van der Waals surface area contributed by atoms with Crippen molar-refractivity contribution in [3.05, 3.63) is 72.9 Å². The molecule has 0 aromatic heterocycles. The number of hydrogen-bond acceptors (Lipinski definition) is 11. The van der Waals surface area contributed by atoms with Crippen LogP contribution in [0.5, 0.6) is 0 Å². The number of carbonyl (C=O) groups excluding carboxylic acids is 2. The van der Waals surface area contributed by atoms with Crippen molar-refractivity contribution in [3.63, 3.8) is 0 Å². The minimum absolute atomic E-state index is 0.0503. The maximum absolute atomic E-state index is 12.8. The van der Waals surface area contributed by atoms with E-state index in [-0.39, 0.29) is 19.4 Å². The Hall–Kier alpha value is -2.91. The van der Waals surface area contributed by atoms with Gasteiger partial charge in [-0.3, -0.25) is 14.1 Å². The third-order valence-electron chi connectivity index (χ3n) is 10.3. The predicted molar refractivity (Wildman–Crippen MR) is 247 cm³/mol. The normalized spacial score (nSPS) is 20.5. The Kier molecular flexibility index (Phi) is 35.5. The van der Waals surface area contributed by atoms with Gasteiger partial charge in [-0.1, -0.05) is 151 Å². The summed E-state index contributed by atoms with van der Waals surface area (Å²) in [5.74, 6) is -2.10. The largest absolute Gasteiger partial charge is 0.462 e. The quantitative estimate of drug-likeness (QED) is 0.0199. The summed E-state index contributed by atoms with van der Waals surface area (Å²) in [6.45, 7) is 3.65. The first-order chi connectivity index (χ1) is 30.0. The summed E-state index contributed by atoms with van der Waals surface area (Å²) in [4.78, 5) is 25.4. The molecule has 0 radical (unpaired) electrons. The summed E-state index contributed by atoms with van der Waals surface area (Å²) in [6, 6.07) is 0. The summed E-state index contributed by atoms with van der Waals surface area (Å²) in [6.07, 6.45) is 39.6. The lowest BCUT2D eigenvalue weighted by molar-refractivity contribution is -0.297. The van der Waals surface area contributed by atoms with Gasteiger partial charge in [0.2, 0.25) is 0 Å². The van der Waals surface area contributed by atoms with Gasteiger partial charge in [0, 0.05) is 12.8 Å². The molecule has 4 N–H and O–H groups in total. The molecule has 1 heterocycles. The fourth-order valence-electron chi connectivity index (χ4n) is 6.59. The molecule has 6 atom stereocenters. The average molecular weight is 895 g/mol. The highest BCUT2D eigenvalue weighted by atomic mass is 32.2. The van der Waals surface area contributed by atoms with Gasteiger partial charge in [-0.25, -0.2) is 0 Å². The number of esters is 2. The molecule has 13 heteroatoms. The van der Waals surface area contributed by atoms with Gasteiger partial charge in [0.15, 0.2) is 12.4 Å². The van der Waals surface area contributed by atoms with Crippen LogP contribution in [0.1, 0.15) is 168 Å². The van der Waals surface area contributed by atoms with E-state index < -0.39 is 71.2 Å². The number of hydrogen-bond donors (Lipinski definition) is 4. The molecule has 1 aliphatic heterocycles. The second kappa shape index (κ2) is 38.5. The van der Waals surface area contributed by atoms with E-state index in [0.29, 0.717) is 12.8 Å². The van der Waals surface area contributed by atoms with Crippen molar-refractivity contribution in [1.29, 1.82) is 0 Å². The van der Waals surface area contributed by atoms with E-state index in [1.165, 1.54) is 64.2 Å². The molecule has 62 heavy (non-hydrogen) atoms. The van der Waals surface area contributed by atoms with Gasteiger partial charge in [0.1, 0.15) is 36.8 Å². The van der Waals surface area contributed by atoms with Crippen LogP contribution in [-0.2, 0) is 38.7 Å². The first kappa shape index (κ1) is 57.1. The lowest BCUT2D eigenvalue weighted by atomic mass is 10.00. The van der Waals surface area contributed by atoms with Crippen molar-refractivity contribution in [3.8, 4) is 0 Å². The number of aliphatic hydroxyl groups is 3. The Morgan fingerprint density at radius 3 is 1.53 bits per heavy atom. The fourth-order valence-corrected chi connectivity index (χ4v) is 7.28. The summed E-state index contributed by atoms with van der Waals surface area (Å²) in [5.41, 5.74) is 0. The molecule has 1 saturated heterocycles. The van der Waals surface area contributed by atoms with E-state index in [9.17, 15) is 37.9 Å². The Labute approximate surface area is 374 Å².